The maximum Gasteiger partial charge on any atom is 0.412 e. The van der Waals surface area contributed by atoms with E-state index in [0.717, 1.165) is 11.1 Å². The van der Waals surface area contributed by atoms with Crippen molar-refractivity contribution in [3.05, 3.63) is 131 Å². The van der Waals surface area contributed by atoms with Crippen LogP contribution in [0.2, 0.25) is 0 Å². The Morgan fingerprint density at radius 1 is 0.706 bits per heavy atom. The molecule has 9 nitrogen and oxygen atoms in total. The van der Waals surface area contributed by atoms with Crippen LogP contribution in [0.25, 0.3) is 6.08 Å². The molecule has 0 spiro atoms. The predicted octanol–water partition coefficient (Wildman–Crippen LogP) is 9.34. The zero-order chi connectivity index (χ0) is 36.9. The molecule has 4 rings (SSSR count). The van der Waals surface area contributed by atoms with Crippen LogP contribution in [0.4, 0.5) is 10.5 Å². The van der Waals surface area contributed by atoms with E-state index in [9.17, 15) is 14.4 Å². The van der Waals surface area contributed by atoms with E-state index in [1.54, 1.807) is 45.0 Å². The fourth-order valence-corrected chi connectivity index (χ4v) is 4.90. The number of carbonyl (C=O) groups is 3. The Morgan fingerprint density at radius 2 is 1.35 bits per heavy atom. The molecule has 0 aliphatic carbocycles. The van der Waals surface area contributed by atoms with E-state index in [1.807, 2.05) is 99.6 Å². The van der Waals surface area contributed by atoms with Gasteiger partial charge in [-0.15, -0.1) is 0 Å². The number of benzene rings is 4. The molecule has 4 aromatic rings. The highest BCUT2D eigenvalue weighted by Gasteiger charge is 2.19. The minimum Gasteiger partial charge on any atom is -0.489 e. The first kappa shape index (κ1) is 38.2. The maximum absolute atomic E-state index is 13.3. The first-order valence-electron chi connectivity index (χ1n) is 16.9. The standard InChI is InChI=1S/C42H47NO8/c1-41(2,3)50-37(44)25-22-32-19-13-21-36(48-28-30-15-9-7-10-16-30)38(32)47-26-14-20-33-27-34(43-40(46)51-42(4,5)6)23-24-35(33)39(45)49-29-31-17-11-8-12-18-31/h7-13,15-19,21-25,27H,14,20,26,28-29H2,1-6H3,(H,43,46)/b25-22+. The molecular formula is C42H47NO8. The lowest BCUT2D eigenvalue weighted by Gasteiger charge is -2.20. The number of nitrogens with one attached hydrogen (secondary N) is 1. The van der Waals surface area contributed by atoms with Crippen LogP contribution in [0, 0.1) is 0 Å². The van der Waals surface area contributed by atoms with Gasteiger partial charge in [0, 0.05) is 17.3 Å². The van der Waals surface area contributed by atoms with Gasteiger partial charge < -0.3 is 23.7 Å². The number of para-hydroxylation sites is 1. The first-order valence-corrected chi connectivity index (χ1v) is 16.9. The van der Waals surface area contributed by atoms with E-state index in [1.165, 1.54) is 6.08 Å². The molecule has 0 unspecified atom stereocenters. The highest BCUT2D eigenvalue weighted by atomic mass is 16.6. The monoisotopic (exact) mass is 693 g/mol. The van der Waals surface area contributed by atoms with Crippen molar-refractivity contribution in [1.29, 1.82) is 0 Å². The van der Waals surface area contributed by atoms with Crippen molar-refractivity contribution in [1.82, 2.24) is 0 Å². The molecule has 9 heteroatoms. The summed E-state index contributed by atoms with van der Waals surface area (Å²) in [6, 6.07) is 29.7. The number of carbonyl (C=O) groups excluding carboxylic acids is 3. The van der Waals surface area contributed by atoms with E-state index in [0.29, 0.717) is 53.3 Å². The molecule has 0 fully saturated rings. The van der Waals surface area contributed by atoms with E-state index >= 15 is 0 Å². The fraction of sp³-hybridized carbons (Fsp3) is 0.310. The lowest BCUT2D eigenvalue weighted by molar-refractivity contribution is -0.148. The number of ether oxygens (including phenoxy) is 5. The molecule has 51 heavy (non-hydrogen) atoms. The molecule has 1 N–H and O–H groups in total. The minimum atomic E-state index is -0.673. The second-order valence-corrected chi connectivity index (χ2v) is 13.8. The van der Waals surface area contributed by atoms with Crippen molar-refractivity contribution in [3.8, 4) is 11.5 Å². The number of hydrogen-bond donors (Lipinski definition) is 1. The summed E-state index contributed by atoms with van der Waals surface area (Å²) < 4.78 is 29.0. The molecule has 1 amide bonds. The summed E-state index contributed by atoms with van der Waals surface area (Å²) in [6.07, 6.45) is 3.33. The van der Waals surface area contributed by atoms with Crippen LogP contribution >= 0.6 is 0 Å². The molecule has 0 atom stereocenters. The third-order valence-electron chi connectivity index (χ3n) is 7.07. The van der Waals surface area contributed by atoms with Gasteiger partial charge in [0.25, 0.3) is 0 Å². The summed E-state index contributed by atoms with van der Waals surface area (Å²) in [5.41, 5.74) is 2.73. The average molecular weight is 694 g/mol. The normalized spacial score (nSPS) is 11.5. The molecular weight excluding hydrogens is 646 g/mol. The van der Waals surface area contributed by atoms with E-state index in [4.69, 9.17) is 23.7 Å². The molecule has 0 radical (unpaired) electrons. The van der Waals surface area contributed by atoms with Crippen LogP contribution in [0.5, 0.6) is 11.5 Å². The van der Waals surface area contributed by atoms with Gasteiger partial charge >= 0.3 is 18.0 Å². The number of aryl methyl sites for hydroxylation is 1. The molecule has 0 aliphatic heterocycles. The lowest BCUT2D eigenvalue weighted by Crippen LogP contribution is -2.27. The Hall–Kier alpha value is -5.57. The Morgan fingerprint density at radius 3 is 2.00 bits per heavy atom. The Labute approximate surface area is 300 Å². The summed E-state index contributed by atoms with van der Waals surface area (Å²) >= 11 is 0. The van der Waals surface area contributed by atoms with Gasteiger partial charge in [0.1, 0.15) is 24.4 Å². The summed E-state index contributed by atoms with van der Waals surface area (Å²) in [4.78, 5) is 38.3. The highest BCUT2D eigenvalue weighted by Crippen LogP contribution is 2.33. The van der Waals surface area contributed by atoms with Gasteiger partial charge in [-0.3, -0.25) is 5.32 Å². The zero-order valence-electron chi connectivity index (χ0n) is 30.2. The molecule has 0 aliphatic rings. The molecule has 4 aromatic carbocycles. The van der Waals surface area contributed by atoms with Crippen LogP contribution < -0.4 is 14.8 Å². The molecule has 0 bridgehead atoms. The maximum atomic E-state index is 13.3. The van der Waals surface area contributed by atoms with Gasteiger partial charge in [-0.2, -0.15) is 0 Å². The molecule has 0 aromatic heterocycles. The third-order valence-corrected chi connectivity index (χ3v) is 7.07. The second-order valence-electron chi connectivity index (χ2n) is 13.8. The lowest BCUT2D eigenvalue weighted by atomic mass is 10.0. The highest BCUT2D eigenvalue weighted by molar-refractivity contribution is 5.93. The number of rotatable bonds is 14. The summed E-state index contributed by atoms with van der Waals surface area (Å²) in [6.45, 7) is 11.5. The van der Waals surface area contributed by atoms with Crippen molar-refractivity contribution >= 4 is 29.8 Å². The Balaban J connectivity index is 1.52. The molecule has 0 saturated heterocycles. The van der Waals surface area contributed by atoms with Gasteiger partial charge in [0.2, 0.25) is 0 Å². The van der Waals surface area contributed by atoms with Crippen molar-refractivity contribution in [2.75, 3.05) is 11.9 Å². The number of hydrogen-bond acceptors (Lipinski definition) is 8. The minimum absolute atomic E-state index is 0.124. The van der Waals surface area contributed by atoms with Crippen molar-refractivity contribution < 1.29 is 38.1 Å². The Bertz CT molecular complexity index is 1790. The summed E-state index contributed by atoms with van der Waals surface area (Å²) in [5, 5.41) is 2.75. The Kier molecular flexibility index (Phi) is 13.4. The van der Waals surface area contributed by atoms with Crippen molar-refractivity contribution in [3.63, 3.8) is 0 Å². The second kappa shape index (κ2) is 17.9. The van der Waals surface area contributed by atoms with Gasteiger partial charge in [0.05, 0.1) is 12.2 Å². The van der Waals surface area contributed by atoms with E-state index < -0.39 is 29.2 Å². The van der Waals surface area contributed by atoms with Gasteiger partial charge in [-0.1, -0.05) is 72.8 Å². The number of anilines is 1. The largest absolute Gasteiger partial charge is 0.489 e. The van der Waals surface area contributed by atoms with Crippen LogP contribution in [0.1, 0.15) is 80.6 Å². The third kappa shape index (κ3) is 13.3. The number of esters is 2. The summed E-state index contributed by atoms with van der Waals surface area (Å²) in [7, 11) is 0. The molecule has 0 heterocycles. The zero-order valence-corrected chi connectivity index (χ0v) is 30.2. The SMILES string of the molecule is CC(C)(C)OC(=O)/C=C/c1cccc(OCc2ccccc2)c1OCCCc1cc(NC(=O)OC(C)(C)C)ccc1C(=O)OCc1ccccc1. The van der Waals surface area contributed by atoms with Crippen LogP contribution in [0.15, 0.2) is 103 Å². The van der Waals surface area contributed by atoms with Crippen molar-refractivity contribution in [2.45, 2.75) is 78.8 Å². The van der Waals surface area contributed by atoms with Gasteiger partial charge in [0.15, 0.2) is 11.5 Å². The van der Waals surface area contributed by atoms with Crippen molar-refractivity contribution in [2.24, 2.45) is 0 Å². The van der Waals surface area contributed by atoms with Crippen LogP contribution in [0.3, 0.4) is 0 Å². The quantitative estimate of drug-likeness (QED) is 0.0602. The van der Waals surface area contributed by atoms with Gasteiger partial charge in [-0.05, 0) is 101 Å². The van der Waals surface area contributed by atoms with Gasteiger partial charge in [-0.25, -0.2) is 14.4 Å². The summed E-state index contributed by atoms with van der Waals surface area (Å²) in [5.74, 6) is 0.0263. The predicted molar refractivity (Wildman–Crippen MR) is 198 cm³/mol. The molecule has 268 valence electrons. The van der Waals surface area contributed by atoms with E-state index in [-0.39, 0.29) is 13.2 Å². The number of amides is 1. The molecule has 0 saturated carbocycles. The topological polar surface area (TPSA) is 109 Å². The van der Waals surface area contributed by atoms with Crippen LogP contribution in [-0.2, 0) is 38.6 Å². The van der Waals surface area contributed by atoms with Crippen LogP contribution in [-0.4, -0.2) is 35.8 Å². The fourth-order valence-electron chi connectivity index (χ4n) is 4.90. The van der Waals surface area contributed by atoms with E-state index in [2.05, 4.69) is 5.32 Å². The smallest absolute Gasteiger partial charge is 0.412 e. The average Bonchev–Trinajstić information content (AvgIpc) is 3.07. The first-order chi connectivity index (χ1) is 24.3.